The molecular weight excluding hydrogens is 721 g/mol. The minimum absolute atomic E-state index is 0.867. The maximum absolute atomic E-state index is 5.04. The van der Waals surface area contributed by atoms with Crippen molar-refractivity contribution in [2.45, 2.75) is 19.6 Å². The Morgan fingerprint density at radius 2 is 0.931 bits per heavy atom. The van der Waals surface area contributed by atoms with Gasteiger partial charge >= 0.3 is 0 Å². The fourth-order valence-electron chi connectivity index (χ4n) is 8.40. The van der Waals surface area contributed by atoms with E-state index in [1.54, 1.807) is 0 Å². The van der Waals surface area contributed by atoms with Crippen molar-refractivity contribution in [3.63, 3.8) is 0 Å². The van der Waals surface area contributed by atoms with Crippen molar-refractivity contribution < 1.29 is 0 Å². The molecule has 0 unspecified atom stereocenters. The molecule has 4 aromatic heterocycles. The molecule has 0 spiro atoms. The number of hydrogen-bond donors (Lipinski definition) is 0. The van der Waals surface area contributed by atoms with E-state index in [2.05, 4.69) is 217 Å². The number of nitrogens with zero attached hydrogens (tertiary/aromatic N) is 4. The van der Waals surface area contributed by atoms with Crippen molar-refractivity contribution in [3.8, 4) is 67.5 Å². The Morgan fingerprint density at radius 1 is 0.414 bits per heavy atom. The molecule has 0 bridgehead atoms. The Hall–Kier alpha value is -7.08. The van der Waals surface area contributed by atoms with E-state index in [1.807, 2.05) is 12.3 Å². The maximum Gasteiger partial charge on any atom is 0.137 e. The highest BCUT2D eigenvalue weighted by molar-refractivity contribution is 6.88. The minimum Gasteiger partial charge on any atom is -0.309 e. The molecule has 5 heteroatoms. The Kier molecular flexibility index (Phi) is 8.80. The third kappa shape index (κ3) is 6.17. The van der Waals surface area contributed by atoms with Gasteiger partial charge in [0, 0.05) is 45.5 Å². The Labute approximate surface area is 340 Å². The molecule has 0 aliphatic carbocycles. The average Bonchev–Trinajstić information content (AvgIpc) is 3.81. The van der Waals surface area contributed by atoms with Crippen molar-refractivity contribution in [1.82, 2.24) is 19.1 Å². The molecule has 0 atom stereocenters. The van der Waals surface area contributed by atoms with Gasteiger partial charge < -0.3 is 4.57 Å². The monoisotopic (exact) mass is 762 g/mol. The quantitative estimate of drug-likeness (QED) is 0.145. The first kappa shape index (κ1) is 35.3. The van der Waals surface area contributed by atoms with Crippen LogP contribution < -0.4 is 5.19 Å². The summed E-state index contributed by atoms with van der Waals surface area (Å²) in [5.41, 5.74) is 14.6. The van der Waals surface area contributed by atoms with Crippen LogP contribution in [0.15, 0.2) is 200 Å². The van der Waals surface area contributed by atoms with Gasteiger partial charge in [0.1, 0.15) is 5.82 Å². The normalized spacial score (nSPS) is 11.7. The van der Waals surface area contributed by atoms with Crippen LogP contribution in [-0.4, -0.2) is 27.2 Å². The highest BCUT2D eigenvalue weighted by Crippen LogP contribution is 2.46. The molecule has 58 heavy (non-hydrogen) atoms. The van der Waals surface area contributed by atoms with E-state index in [0.29, 0.717) is 0 Å². The highest BCUT2D eigenvalue weighted by Gasteiger charge is 2.26. The van der Waals surface area contributed by atoms with E-state index in [9.17, 15) is 0 Å². The van der Waals surface area contributed by atoms with E-state index >= 15 is 0 Å². The molecule has 0 fully saturated rings. The molecular formula is C53H42N4Si. The molecule has 0 aliphatic rings. The number of pyridine rings is 2. The third-order valence-corrected chi connectivity index (χ3v) is 13.2. The van der Waals surface area contributed by atoms with Gasteiger partial charge in [-0.05, 0) is 63.8 Å². The summed E-state index contributed by atoms with van der Waals surface area (Å²) >= 11 is 0. The summed E-state index contributed by atoms with van der Waals surface area (Å²) in [5, 5.41) is 3.70. The standard InChI is InChI=1S/C53H42N4Si/c1-58(2,3)43-29-32-46(55-36-43)41-27-30-44-47(34-41)56(52(39-22-12-6-13-23-39)50(44)37-18-8-4-9-19-37)42-28-31-45-48(35-42)57(49-26-16-17-33-54-49)53(40-24-14-7-15-25-40)51(45)38-20-10-5-11-21-38/h4-36H,1-3H3. The molecule has 0 N–H and O–H groups in total. The fraction of sp³-hybridized carbons (Fsp3) is 0.0566. The topological polar surface area (TPSA) is 35.6 Å². The molecule has 0 aliphatic heterocycles. The van der Waals surface area contributed by atoms with E-state index in [-0.39, 0.29) is 0 Å². The Balaban J connectivity index is 1.32. The van der Waals surface area contributed by atoms with Crippen LogP contribution in [0.1, 0.15) is 0 Å². The summed E-state index contributed by atoms with van der Waals surface area (Å²) in [7, 11) is -1.50. The summed E-state index contributed by atoms with van der Waals surface area (Å²) in [6.07, 6.45) is 3.97. The number of aromatic nitrogens is 4. The van der Waals surface area contributed by atoms with Gasteiger partial charge in [-0.25, -0.2) is 4.98 Å². The van der Waals surface area contributed by atoms with Crippen LogP contribution in [0.25, 0.3) is 89.3 Å². The Bertz CT molecular complexity index is 3040. The number of rotatable bonds is 8. The zero-order chi connectivity index (χ0) is 39.2. The summed E-state index contributed by atoms with van der Waals surface area (Å²) in [6, 6.07) is 67.5. The summed E-state index contributed by atoms with van der Waals surface area (Å²) in [4.78, 5) is 10.0. The van der Waals surface area contributed by atoms with Crippen LogP contribution in [0.2, 0.25) is 19.6 Å². The summed E-state index contributed by atoms with van der Waals surface area (Å²) in [6.45, 7) is 7.10. The van der Waals surface area contributed by atoms with Crippen molar-refractivity contribution in [2.24, 2.45) is 0 Å². The molecule has 0 radical (unpaired) electrons. The lowest BCUT2D eigenvalue weighted by molar-refractivity contribution is 1.05. The molecule has 10 aromatic rings. The van der Waals surface area contributed by atoms with Crippen LogP contribution in [0.5, 0.6) is 0 Å². The molecule has 0 saturated carbocycles. The van der Waals surface area contributed by atoms with Crippen LogP contribution in [0, 0.1) is 0 Å². The van der Waals surface area contributed by atoms with Crippen molar-refractivity contribution >= 4 is 35.1 Å². The molecule has 6 aromatic carbocycles. The van der Waals surface area contributed by atoms with E-state index < -0.39 is 8.07 Å². The molecule has 278 valence electrons. The van der Waals surface area contributed by atoms with Crippen LogP contribution in [-0.2, 0) is 0 Å². The van der Waals surface area contributed by atoms with Gasteiger partial charge in [0.05, 0.1) is 36.2 Å². The lowest BCUT2D eigenvalue weighted by Crippen LogP contribution is -2.37. The zero-order valence-corrected chi connectivity index (χ0v) is 33.8. The van der Waals surface area contributed by atoms with Gasteiger partial charge in [0.2, 0.25) is 0 Å². The Morgan fingerprint density at radius 3 is 1.45 bits per heavy atom. The van der Waals surface area contributed by atoms with E-state index in [0.717, 1.165) is 67.3 Å². The number of benzene rings is 6. The van der Waals surface area contributed by atoms with Gasteiger partial charge in [-0.2, -0.15) is 0 Å². The molecule has 10 rings (SSSR count). The lowest BCUT2D eigenvalue weighted by atomic mass is 9.97. The van der Waals surface area contributed by atoms with Gasteiger partial charge in [0.15, 0.2) is 0 Å². The number of fused-ring (bicyclic) bond motifs is 2. The maximum atomic E-state index is 5.04. The first-order valence-electron chi connectivity index (χ1n) is 19.9. The second-order valence-electron chi connectivity index (χ2n) is 15.9. The van der Waals surface area contributed by atoms with Gasteiger partial charge in [0.25, 0.3) is 0 Å². The third-order valence-electron chi connectivity index (χ3n) is 11.2. The summed E-state index contributed by atoms with van der Waals surface area (Å²) in [5.74, 6) is 0.867. The van der Waals surface area contributed by atoms with Crippen molar-refractivity contribution in [3.05, 3.63) is 200 Å². The minimum atomic E-state index is -1.50. The predicted molar refractivity (Wildman–Crippen MR) is 246 cm³/mol. The first-order chi connectivity index (χ1) is 28.4. The largest absolute Gasteiger partial charge is 0.309 e. The SMILES string of the molecule is C[Si](C)(C)c1ccc(-c2ccc3c(-c4ccccc4)c(-c4ccccc4)n(-c4ccc5c(-c6ccccc6)c(-c6ccccc6)n(-c6ccccn6)c5c4)c3c2)nc1. The van der Waals surface area contributed by atoms with Crippen LogP contribution in [0.3, 0.4) is 0 Å². The first-order valence-corrected chi connectivity index (χ1v) is 23.4. The predicted octanol–water partition coefficient (Wildman–Crippen LogP) is 13.2. The van der Waals surface area contributed by atoms with Gasteiger partial charge in [-0.3, -0.25) is 9.55 Å². The highest BCUT2D eigenvalue weighted by atomic mass is 28.3. The van der Waals surface area contributed by atoms with Crippen molar-refractivity contribution in [1.29, 1.82) is 0 Å². The fourth-order valence-corrected chi connectivity index (χ4v) is 9.43. The second-order valence-corrected chi connectivity index (χ2v) is 21.0. The van der Waals surface area contributed by atoms with E-state index in [4.69, 9.17) is 9.97 Å². The molecule has 4 heterocycles. The van der Waals surface area contributed by atoms with Gasteiger partial charge in [-0.15, -0.1) is 0 Å². The van der Waals surface area contributed by atoms with Crippen molar-refractivity contribution in [2.75, 3.05) is 0 Å². The van der Waals surface area contributed by atoms with E-state index in [1.165, 1.54) is 27.3 Å². The van der Waals surface area contributed by atoms with Gasteiger partial charge in [-0.1, -0.05) is 171 Å². The smallest absolute Gasteiger partial charge is 0.137 e. The zero-order valence-electron chi connectivity index (χ0n) is 32.8. The molecule has 0 saturated heterocycles. The molecule has 0 amide bonds. The average molecular weight is 763 g/mol. The summed E-state index contributed by atoms with van der Waals surface area (Å²) < 4.78 is 4.81. The number of hydrogen-bond acceptors (Lipinski definition) is 2. The molecule has 4 nitrogen and oxygen atoms in total. The lowest BCUT2D eigenvalue weighted by Gasteiger charge is -2.16. The second kappa shape index (κ2) is 14.5. The van der Waals surface area contributed by atoms with Crippen LogP contribution in [0.4, 0.5) is 0 Å². The van der Waals surface area contributed by atoms with Crippen LogP contribution >= 0.6 is 0 Å².